The molecule has 1 nitrogen and oxygen atoms in total. The van der Waals surface area contributed by atoms with Gasteiger partial charge in [-0.15, -0.1) is 23.5 Å². The second kappa shape index (κ2) is 8.76. The van der Waals surface area contributed by atoms with Crippen molar-refractivity contribution in [2.75, 3.05) is 0 Å². The van der Waals surface area contributed by atoms with Crippen LogP contribution in [0, 0.1) is 0 Å². The Kier molecular flexibility index (Phi) is 6.16. The van der Waals surface area contributed by atoms with Crippen LogP contribution in [-0.4, -0.2) is 10.4 Å². The molecule has 0 saturated carbocycles. The van der Waals surface area contributed by atoms with Crippen LogP contribution in [0.25, 0.3) is 0 Å². The van der Waals surface area contributed by atoms with Crippen LogP contribution in [0.4, 0.5) is 0 Å². The van der Waals surface area contributed by atoms with Gasteiger partial charge in [0.15, 0.2) is 5.78 Å². The molecule has 3 rings (SSSR count). The van der Waals surface area contributed by atoms with Crippen LogP contribution >= 0.6 is 23.5 Å². The van der Waals surface area contributed by atoms with Crippen LogP contribution in [-0.2, 0) is 0 Å². The SMILES string of the molecule is O=C(CC(Sc1ccccc1)Sc1ccccc1)c1ccccc1. The lowest BCUT2D eigenvalue weighted by molar-refractivity contribution is 0.0987. The summed E-state index contributed by atoms with van der Waals surface area (Å²) < 4.78 is 0.141. The Hall–Kier alpha value is -1.97. The molecule has 0 bridgehead atoms. The van der Waals surface area contributed by atoms with Crippen molar-refractivity contribution < 1.29 is 4.79 Å². The number of hydrogen-bond donors (Lipinski definition) is 0. The zero-order valence-electron chi connectivity index (χ0n) is 13.2. The molecule has 0 N–H and O–H groups in total. The van der Waals surface area contributed by atoms with Gasteiger partial charge in [-0.25, -0.2) is 0 Å². The van der Waals surface area contributed by atoms with E-state index in [0.29, 0.717) is 6.42 Å². The van der Waals surface area contributed by atoms with E-state index in [9.17, 15) is 4.79 Å². The van der Waals surface area contributed by atoms with E-state index in [1.54, 1.807) is 23.5 Å². The number of carbonyl (C=O) groups is 1. The summed E-state index contributed by atoms with van der Waals surface area (Å²) in [6, 6.07) is 30.1. The Morgan fingerprint density at radius 2 is 1.08 bits per heavy atom. The van der Waals surface area contributed by atoms with E-state index in [0.717, 1.165) is 5.56 Å². The summed E-state index contributed by atoms with van der Waals surface area (Å²) in [7, 11) is 0. The Labute approximate surface area is 151 Å². The highest BCUT2D eigenvalue weighted by Gasteiger charge is 2.18. The van der Waals surface area contributed by atoms with Gasteiger partial charge in [-0.1, -0.05) is 66.7 Å². The molecule has 0 spiro atoms. The molecule has 24 heavy (non-hydrogen) atoms. The predicted molar refractivity (Wildman–Crippen MR) is 104 cm³/mol. The first-order valence-corrected chi connectivity index (χ1v) is 9.59. The average Bonchev–Trinajstić information content (AvgIpc) is 2.64. The van der Waals surface area contributed by atoms with Gasteiger partial charge in [0.2, 0.25) is 0 Å². The fourth-order valence-electron chi connectivity index (χ4n) is 2.30. The molecule has 0 aliphatic heterocycles. The minimum atomic E-state index is 0.141. The molecule has 0 aliphatic rings. The summed E-state index contributed by atoms with van der Waals surface area (Å²) in [4.78, 5) is 15.0. The normalized spacial score (nSPS) is 10.7. The van der Waals surface area contributed by atoms with E-state index < -0.39 is 0 Å². The summed E-state index contributed by atoms with van der Waals surface area (Å²) in [6.45, 7) is 0. The van der Waals surface area contributed by atoms with Crippen LogP contribution in [0.3, 0.4) is 0 Å². The van der Waals surface area contributed by atoms with Crippen LogP contribution < -0.4 is 0 Å². The van der Waals surface area contributed by atoms with Crippen LogP contribution in [0.15, 0.2) is 101 Å². The predicted octanol–water partition coefficient (Wildman–Crippen LogP) is 6.17. The first-order chi connectivity index (χ1) is 11.8. The van der Waals surface area contributed by atoms with Crippen molar-refractivity contribution >= 4 is 29.3 Å². The van der Waals surface area contributed by atoms with Gasteiger partial charge < -0.3 is 0 Å². The maximum absolute atomic E-state index is 12.6. The Balaban J connectivity index is 1.75. The molecular formula is C21H18OS2. The van der Waals surface area contributed by atoms with Gasteiger partial charge in [0.25, 0.3) is 0 Å². The fraction of sp³-hybridized carbons (Fsp3) is 0.0952. The second-order valence-corrected chi connectivity index (χ2v) is 8.14. The van der Waals surface area contributed by atoms with Gasteiger partial charge >= 0.3 is 0 Å². The number of hydrogen-bond acceptors (Lipinski definition) is 3. The third-order valence-electron chi connectivity index (χ3n) is 3.47. The van der Waals surface area contributed by atoms with Gasteiger partial charge in [0.05, 0.1) is 4.58 Å². The van der Waals surface area contributed by atoms with Crippen LogP contribution in [0.1, 0.15) is 16.8 Å². The topological polar surface area (TPSA) is 17.1 Å². The zero-order valence-corrected chi connectivity index (χ0v) is 14.8. The maximum Gasteiger partial charge on any atom is 0.164 e. The summed E-state index contributed by atoms with van der Waals surface area (Å²) in [6.07, 6.45) is 0.503. The van der Waals surface area contributed by atoms with E-state index in [2.05, 4.69) is 24.3 Å². The Morgan fingerprint density at radius 1 is 0.667 bits per heavy atom. The van der Waals surface area contributed by atoms with Crippen molar-refractivity contribution in [3.05, 3.63) is 96.6 Å². The number of thioether (sulfide) groups is 2. The number of carbonyl (C=O) groups excluding carboxylic acids is 1. The maximum atomic E-state index is 12.6. The highest BCUT2D eigenvalue weighted by molar-refractivity contribution is 8.17. The Morgan fingerprint density at radius 3 is 1.54 bits per heavy atom. The zero-order chi connectivity index (χ0) is 16.6. The van der Waals surface area contributed by atoms with E-state index in [4.69, 9.17) is 0 Å². The first-order valence-electron chi connectivity index (χ1n) is 7.83. The smallest absolute Gasteiger partial charge is 0.164 e. The van der Waals surface area contributed by atoms with Crippen molar-refractivity contribution in [1.82, 2.24) is 0 Å². The third kappa shape index (κ3) is 5.02. The van der Waals surface area contributed by atoms with Crippen molar-refractivity contribution in [2.45, 2.75) is 20.8 Å². The molecule has 0 fully saturated rings. The van der Waals surface area contributed by atoms with Crippen LogP contribution in [0.5, 0.6) is 0 Å². The lowest BCUT2D eigenvalue weighted by Gasteiger charge is -2.16. The number of benzene rings is 3. The summed E-state index contributed by atoms with van der Waals surface area (Å²) in [5.41, 5.74) is 0.782. The van der Waals surface area contributed by atoms with E-state index in [1.807, 2.05) is 66.7 Å². The average molecular weight is 351 g/mol. The second-order valence-electron chi connectivity index (χ2n) is 5.28. The molecule has 0 radical (unpaired) electrons. The molecule has 3 aromatic carbocycles. The van der Waals surface area contributed by atoms with Crippen molar-refractivity contribution in [2.24, 2.45) is 0 Å². The summed E-state index contributed by atoms with van der Waals surface area (Å²) in [5.74, 6) is 0.187. The standard InChI is InChI=1S/C21H18OS2/c22-20(17-10-4-1-5-11-17)16-21(23-18-12-6-2-7-13-18)24-19-14-8-3-9-15-19/h1-15,21H,16H2. The van der Waals surface area contributed by atoms with Gasteiger partial charge in [-0.3, -0.25) is 4.79 Å². The lowest BCUT2D eigenvalue weighted by atomic mass is 10.1. The largest absolute Gasteiger partial charge is 0.294 e. The van der Waals surface area contributed by atoms with Gasteiger partial charge in [0.1, 0.15) is 0 Å². The Bertz CT molecular complexity index is 716. The fourth-order valence-corrected chi connectivity index (χ4v) is 4.87. The molecule has 0 atom stereocenters. The molecule has 3 heteroatoms. The molecular weight excluding hydrogens is 332 g/mol. The van der Waals surface area contributed by atoms with E-state index >= 15 is 0 Å². The van der Waals surface area contributed by atoms with Gasteiger partial charge in [-0.2, -0.15) is 0 Å². The van der Waals surface area contributed by atoms with E-state index in [-0.39, 0.29) is 10.4 Å². The third-order valence-corrected chi connectivity index (χ3v) is 5.99. The summed E-state index contributed by atoms with van der Waals surface area (Å²) >= 11 is 3.50. The molecule has 0 heterocycles. The molecule has 0 aromatic heterocycles. The molecule has 120 valence electrons. The lowest BCUT2D eigenvalue weighted by Crippen LogP contribution is -2.08. The van der Waals surface area contributed by atoms with Crippen molar-refractivity contribution in [3.63, 3.8) is 0 Å². The molecule has 0 saturated heterocycles. The van der Waals surface area contributed by atoms with Crippen LogP contribution in [0.2, 0.25) is 0 Å². The quantitative estimate of drug-likeness (QED) is 0.288. The minimum Gasteiger partial charge on any atom is -0.294 e. The molecule has 3 aromatic rings. The molecule has 0 aliphatic carbocycles. The molecule has 0 unspecified atom stereocenters. The molecule has 0 amide bonds. The number of ketones is 1. The van der Waals surface area contributed by atoms with E-state index in [1.165, 1.54) is 9.79 Å². The monoisotopic (exact) mass is 350 g/mol. The van der Waals surface area contributed by atoms with Crippen molar-refractivity contribution in [3.8, 4) is 0 Å². The minimum absolute atomic E-state index is 0.141. The summed E-state index contributed by atoms with van der Waals surface area (Å²) in [5, 5.41) is 0. The van der Waals surface area contributed by atoms with Crippen molar-refractivity contribution in [1.29, 1.82) is 0 Å². The first kappa shape index (κ1) is 16.9. The highest BCUT2D eigenvalue weighted by atomic mass is 32.2. The van der Waals surface area contributed by atoms with Gasteiger partial charge in [-0.05, 0) is 24.3 Å². The number of rotatable bonds is 7. The highest BCUT2D eigenvalue weighted by Crippen LogP contribution is 2.38. The van der Waals surface area contributed by atoms with Gasteiger partial charge in [0, 0.05) is 21.8 Å². The number of Topliss-reactive ketones (excluding diaryl/α,β-unsaturated/α-hetero) is 1.